The van der Waals surface area contributed by atoms with Crippen molar-refractivity contribution in [2.24, 2.45) is 0 Å². The Balaban J connectivity index is 1.30. The highest BCUT2D eigenvalue weighted by Gasteiger charge is 2.23. The number of furan rings is 1. The Morgan fingerprint density at radius 2 is 1.94 bits per heavy atom. The Kier molecular flexibility index (Phi) is 7.63. The number of rotatable bonds is 9. The van der Waals surface area contributed by atoms with E-state index in [9.17, 15) is 14.0 Å². The zero-order valence-electron chi connectivity index (χ0n) is 18.5. The van der Waals surface area contributed by atoms with Crippen LogP contribution in [0.4, 0.5) is 10.1 Å². The molecule has 4 rings (SSSR count). The third-order valence-electron chi connectivity index (χ3n) is 5.41. The second-order valence-electron chi connectivity index (χ2n) is 7.57. The zero-order chi connectivity index (χ0) is 23.9. The highest BCUT2D eigenvalue weighted by atomic mass is 32.2. The Labute approximate surface area is 200 Å². The molecular weight excluding hydrogens is 459 g/mol. The summed E-state index contributed by atoms with van der Waals surface area (Å²) < 4.78 is 20.9. The zero-order valence-corrected chi connectivity index (χ0v) is 19.3. The summed E-state index contributed by atoms with van der Waals surface area (Å²) in [5, 5.41) is 11.7. The van der Waals surface area contributed by atoms with Gasteiger partial charge in [-0.05, 0) is 24.3 Å². The average Bonchev–Trinajstić information content (AvgIpc) is 3.53. The van der Waals surface area contributed by atoms with Crippen molar-refractivity contribution in [1.29, 1.82) is 0 Å². The molecule has 0 bridgehead atoms. The first-order valence-corrected chi connectivity index (χ1v) is 11.8. The first-order chi connectivity index (χ1) is 16.6. The Hall–Kier alpha value is -3.60. The first-order valence-electron chi connectivity index (χ1n) is 10.8. The predicted molar refractivity (Wildman–Crippen MR) is 126 cm³/mol. The van der Waals surface area contributed by atoms with Gasteiger partial charge in [0.15, 0.2) is 16.7 Å². The van der Waals surface area contributed by atoms with Gasteiger partial charge in [0.05, 0.1) is 24.2 Å². The van der Waals surface area contributed by atoms with Crippen LogP contribution in [0.1, 0.15) is 16.4 Å². The van der Waals surface area contributed by atoms with Crippen molar-refractivity contribution in [3.05, 3.63) is 72.7 Å². The number of thioether (sulfide) groups is 1. The molecule has 34 heavy (non-hydrogen) atoms. The van der Waals surface area contributed by atoms with Crippen molar-refractivity contribution in [2.75, 3.05) is 36.8 Å². The average molecular weight is 485 g/mol. The smallest absolute Gasteiger partial charge is 0.287 e. The van der Waals surface area contributed by atoms with Gasteiger partial charge in [0.1, 0.15) is 5.82 Å². The molecule has 1 aromatic carbocycles. The normalized spacial score (nSPS) is 13.7. The molecule has 1 aliphatic rings. The number of anilines is 1. The summed E-state index contributed by atoms with van der Waals surface area (Å²) in [6.45, 7) is 6.56. The van der Waals surface area contributed by atoms with Crippen LogP contribution in [0.5, 0.6) is 0 Å². The maximum Gasteiger partial charge on any atom is 0.287 e. The van der Waals surface area contributed by atoms with Crippen molar-refractivity contribution in [2.45, 2.75) is 18.2 Å². The molecule has 1 aliphatic heterocycles. The summed E-state index contributed by atoms with van der Waals surface area (Å²) in [5.74, 6) is 0.346. The van der Waals surface area contributed by atoms with Crippen LogP contribution in [-0.2, 0) is 17.9 Å². The van der Waals surface area contributed by atoms with E-state index in [1.165, 1.54) is 24.1 Å². The van der Waals surface area contributed by atoms with Gasteiger partial charge >= 0.3 is 0 Å². The van der Waals surface area contributed by atoms with E-state index < -0.39 is 0 Å². The van der Waals surface area contributed by atoms with Crippen molar-refractivity contribution in [3.63, 3.8) is 0 Å². The van der Waals surface area contributed by atoms with Crippen molar-refractivity contribution in [1.82, 2.24) is 25.0 Å². The lowest BCUT2D eigenvalue weighted by Crippen LogP contribution is -2.49. The van der Waals surface area contributed by atoms with E-state index in [0.717, 1.165) is 0 Å². The topological polar surface area (TPSA) is 96.5 Å². The van der Waals surface area contributed by atoms with Gasteiger partial charge in [0.2, 0.25) is 5.91 Å². The van der Waals surface area contributed by atoms with E-state index in [1.54, 1.807) is 35.2 Å². The monoisotopic (exact) mass is 484 g/mol. The standard InChI is InChI=1S/C23H25FN6O3S/c1-2-9-30-20(15-25-22(32)19-8-5-14-33-19)26-27-23(30)34-16-21(31)29-12-10-28(11-13-29)18-7-4-3-6-17(18)24/h2-8,14H,1,9-13,15-16H2,(H,25,32). The molecule has 2 aromatic heterocycles. The molecule has 0 atom stereocenters. The van der Waals surface area contributed by atoms with E-state index in [-0.39, 0.29) is 35.7 Å². The number of nitrogens with zero attached hydrogens (tertiary/aromatic N) is 5. The number of aromatic nitrogens is 3. The fraction of sp³-hybridized carbons (Fsp3) is 0.304. The van der Waals surface area contributed by atoms with Crippen LogP contribution in [-0.4, -0.2) is 63.4 Å². The number of carbonyl (C=O) groups excluding carboxylic acids is 2. The highest BCUT2D eigenvalue weighted by Crippen LogP contribution is 2.22. The second-order valence-corrected chi connectivity index (χ2v) is 8.51. The third-order valence-corrected chi connectivity index (χ3v) is 6.36. The summed E-state index contributed by atoms with van der Waals surface area (Å²) >= 11 is 1.29. The van der Waals surface area contributed by atoms with Crippen molar-refractivity contribution < 1.29 is 18.4 Å². The fourth-order valence-corrected chi connectivity index (χ4v) is 4.52. The minimum absolute atomic E-state index is 0.0148. The maximum absolute atomic E-state index is 14.0. The lowest BCUT2D eigenvalue weighted by molar-refractivity contribution is -0.128. The molecule has 0 aliphatic carbocycles. The van der Waals surface area contributed by atoms with Crippen molar-refractivity contribution in [3.8, 4) is 0 Å². The molecule has 178 valence electrons. The van der Waals surface area contributed by atoms with Gasteiger partial charge < -0.3 is 24.1 Å². The SMILES string of the molecule is C=CCn1c(CNC(=O)c2ccco2)nnc1SCC(=O)N1CCN(c2ccccc2F)CC1. The first kappa shape index (κ1) is 23.6. The molecule has 11 heteroatoms. The largest absolute Gasteiger partial charge is 0.459 e. The molecule has 1 N–H and O–H groups in total. The van der Waals surface area contributed by atoms with Crippen LogP contribution in [0.15, 0.2) is 64.9 Å². The van der Waals surface area contributed by atoms with Crippen LogP contribution >= 0.6 is 11.8 Å². The molecule has 0 radical (unpaired) electrons. The quantitative estimate of drug-likeness (QED) is 0.368. The minimum Gasteiger partial charge on any atom is -0.459 e. The molecule has 0 spiro atoms. The molecule has 9 nitrogen and oxygen atoms in total. The predicted octanol–water partition coefficient (Wildman–Crippen LogP) is 2.57. The molecule has 3 aromatic rings. The lowest BCUT2D eigenvalue weighted by atomic mass is 10.2. The maximum atomic E-state index is 14.0. The Morgan fingerprint density at radius 1 is 1.15 bits per heavy atom. The van der Waals surface area contributed by atoms with Gasteiger partial charge in [0.25, 0.3) is 5.91 Å². The van der Waals surface area contributed by atoms with Crippen LogP contribution in [0.3, 0.4) is 0 Å². The summed E-state index contributed by atoms with van der Waals surface area (Å²) in [7, 11) is 0. The molecule has 1 saturated heterocycles. The Bertz CT molecular complexity index is 1140. The van der Waals surface area contributed by atoms with Crippen LogP contribution < -0.4 is 10.2 Å². The van der Waals surface area contributed by atoms with Crippen LogP contribution in [0, 0.1) is 5.82 Å². The minimum atomic E-state index is -0.350. The van der Waals surface area contributed by atoms with Gasteiger partial charge in [-0.3, -0.25) is 9.59 Å². The molecule has 1 fully saturated rings. The number of halogens is 1. The van der Waals surface area contributed by atoms with Gasteiger partial charge in [-0.15, -0.1) is 16.8 Å². The summed E-state index contributed by atoms with van der Waals surface area (Å²) in [6, 6.07) is 9.89. The number of para-hydroxylation sites is 1. The molecule has 0 saturated carbocycles. The number of piperazine rings is 1. The van der Waals surface area contributed by atoms with Gasteiger partial charge in [-0.2, -0.15) is 0 Å². The van der Waals surface area contributed by atoms with Crippen LogP contribution in [0.25, 0.3) is 0 Å². The fourth-order valence-electron chi connectivity index (χ4n) is 3.65. The summed E-state index contributed by atoms with van der Waals surface area (Å²) in [4.78, 5) is 28.6. The number of hydrogen-bond acceptors (Lipinski definition) is 7. The number of hydrogen-bond donors (Lipinski definition) is 1. The van der Waals surface area contributed by atoms with E-state index >= 15 is 0 Å². The third kappa shape index (κ3) is 5.48. The molecule has 0 unspecified atom stereocenters. The van der Waals surface area contributed by atoms with Gasteiger partial charge in [-0.1, -0.05) is 30.0 Å². The van der Waals surface area contributed by atoms with Crippen molar-refractivity contribution >= 4 is 29.3 Å². The molecular formula is C23H25FN6O3S. The van der Waals surface area contributed by atoms with Gasteiger partial charge in [0, 0.05) is 32.7 Å². The number of amides is 2. The summed E-state index contributed by atoms with van der Waals surface area (Å²) in [5.41, 5.74) is 0.563. The van der Waals surface area contributed by atoms with E-state index in [4.69, 9.17) is 4.42 Å². The lowest BCUT2D eigenvalue weighted by Gasteiger charge is -2.36. The number of carbonyl (C=O) groups is 2. The molecule has 2 amide bonds. The summed E-state index contributed by atoms with van der Waals surface area (Å²) in [6.07, 6.45) is 3.13. The van der Waals surface area contributed by atoms with E-state index in [2.05, 4.69) is 22.1 Å². The number of benzene rings is 1. The van der Waals surface area contributed by atoms with Crippen LogP contribution in [0.2, 0.25) is 0 Å². The Morgan fingerprint density at radius 3 is 2.65 bits per heavy atom. The van der Waals surface area contributed by atoms with E-state index in [0.29, 0.717) is 49.4 Å². The highest BCUT2D eigenvalue weighted by molar-refractivity contribution is 7.99. The van der Waals surface area contributed by atoms with E-state index in [1.807, 2.05) is 15.5 Å². The number of allylic oxidation sites excluding steroid dienone is 1. The second kappa shape index (κ2) is 11.0. The molecule has 3 heterocycles. The number of nitrogens with one attached hydrogen (secondary N) is 1. The van der Waals surface area contributed by atoms with Gasteiger partial charge in [-0.25, -0.2) is 4.39 Å².